The minimum atomic E-state index is -0.382. The molecule has 1 aromatic carbocycles. The van der Waals surface area contributed by atoms with Crippen LogP contribution in [0.2, 0.25) is 0 Å². The largest absolute Gasteiger partial charge is 0.393 e. The average Bonchev–Trinajstić information content (AvgIpc) is 2.17. The molecule has 1 atom stereocenters. The van der Waals surface area contributed by atoms with Gasteiger partial charge in [-0.05, 0) is 31.5 Å². The number of aliphatic hydroxyl groups is 1. The van der Waals surface area contributed by atoms with Gasteiger partial charge in [-0.15, -0.1) is 0 Å². The SMILES string of the molecule is CC(O)CCNC(=O)c1cccc(Br)c1. The summed E-state index contributed by atoms with van der Waals surface area (Å²) in [6.45, 7) is 2.19. The van der Waals surface area contributed by atoms with Crippen molar-refractivity contribution in [3.8, 4) is 0 Å². The minimum Gasteiger partial charge on any atom is -0.393 e. The summed E-state index contributed by atoms with van der Waals surface area (Å²) < 4.78 is 0.880. The van der Waals surface area contributed by atoms with Crippen LogP contribution in [0.1, 0.15) is 23.7 Å². The van der Waals surface area contributed by atoms with E-state index in [0.29, 0.717) is 18.5 Å². The highest BCUT2D eigenvalue weighted by Gasteiger charge is 2.05. The summed E-state index contributed by atoms with van der Waals surface area (Å²) >= 11 is 3.30. The Bertz CT molecular complexity index is 339. The first-order valence-corrected chi connectivity index (χ1v) is 5.60. The predicted molar refractivity (Wildman–Crippen MR) is 62.8 cm³/mol. The lowest BCUT2D eigenvalue weighted by Gasteiger charge is -2.06. The maximum absolute atomic E-state index is 11.6. The Morgan fingerprint density at radius 1 is 1.60 bits per heavy atom. The summed E-state index contributed by atoms with van der Waals surface area (Å²) in [6.07, 6.45) is 0.188. The lowest BCUT2D eigenvalue weighted by Crippen LogP contribution is -2.26. The number of carbonyl (C=O) groups is 1. The topological polar surface area (TPSA) is 49.3 Å². The van der Waals surface area contributed by atoms with Gasteiger partial charge in [-0.1, -0.05) is 22.0 Å². The van der Waals surface area contributed by atoms with Gasteiger partial charge in [0.2, 0.25) is 0 Å². The van der Waals surface area contributed by atoms with Crippen LogP contribution in [0.25, 0.3) is 0 Å². The summed E-state index contributed by atoms with van der Waals surface area (Å²) in [7, 11) is 0. The van der Waals surface area contributed by atoms with Crippen LogP contribution in [0, 0.1) is 0 Å². The van der Waals surface area contributed by atoms with Gasteiger partial charge in [0.25, 0.3) is 5.91 Å². The van der Waals surface area contributed by atoms with Gasteiger partial charge in [0, 0.05) is 16.6 Å². The molecule has 15 heavy (non-hydrogen) atoms. The third-order valence-electron chi connectivity index (χ3n) is 1.93. The van der Waals surface area contributed by atoms with Crippen molar-refractivity contribution in [2.24, 2.45) is 0 Å². The van der Waals surface area contributed by atoms with E-state index in [9.17, 15) is 4.79 Å². The fraction of sp³-hybridized carbons (Fsp3) is 0.364. The number of hydrogen-bond donors (Lipinski definition) is 2. The molecule has 0 saturated carbocycles. The summed E-state index contributed by atoms with van der Waals surface area (Å²) in [6, 6.07) is 7.19. The normalized spacial score (nSPS) is 12.2. The molecule has 0 aliphatic heterocycles. The molecule has 1 amide bonds. The zero-order valence-corrected chi connectivity index (χ0v) is 10.1. The number of aliphatic hydroxyl groups excluding tert-OH is 1. The molecule has 1 rings (SSSR count). The van der Waals surface area contributed by atoms with Crippen molar-refractivity contribution >= 4 is 21.8 Å². The Morgan fingerprint density at radius 3 is 2.93 bits per heavy atom. The van der Waals surface area contributed by atoms with E-state index >= 15 is 0 Å². The molecule has 0 saturated heterocycles. The number of carbonyl (C=O) groups excluding carboxylic acids is 1. The van der Waals surface area contributed by atoms with Crippen LogP contribution >= 0.6 is 15.9 Å². The molecule has 0 aliphatic carbocycles. The second kappa shape index (κ2) is 5.88. The van der Waals surface area contributed by atoms with Gasteiger partial charge in [-0.2, -0.15) is 0 Å². The lowest BCUT2D eigenvalue weighted by molar-refractivity contribution is 0.0945. The zero-order valence-electron chi connectivity index (χ0n) is 8.53. The van der Waals surface area contributed by atoms with Crippen molar-refractivity contribution < 1.29 is 9.90 Å². The number of rotatable bonds is 4. The zero-order chi connectivity index (χ0) is 11.3. The van der Waals surface area contributed by atoms with Gasteiger partial charge in [0.15, 0.2) is 0 Å². The smallest absolute Gasteiger partial charge is 0.251 e. The molecule has 0 fully saturated rings. The standard InChI is InChI=1S/C11H14BrNO2/c1-8(14)5-6-13-11(15)9-3-2-4-10(12)7-9/h2-4,7-8,14H,5-6H2,1H3,(H,13,15). The first-order valence-electron chi connectivity index (χ1n) is 4.81. The van der Waals surface area contributed by atoms with E-state index in [1.807, 2.05) is 12.1 Å². The van der Waals surface area contributed by atoms with Crippen molar-refractivity contribution in [3.63, 3.8) is 0 Å². The Balaban J connectivity index is 2.47. The minimum absolute atomic E-state index is 0.114. The molecule has 0 aliphatic rings. The van der Waals surface area contributed by atoms with Gasteiger partial charge < -0.3 is 10.4 Å². The van der Waals surface area contributed by atoms with Crippen LogP contribution in [0.5, 0.6) is 0 Å². The number of nitrogens with one attached hydrogen (secondary N) is 1. The van der Waals surface area contributed by atoms with Gasteiger partial charge >= 0.3 is 0 Å². The molecule has 0 aromatic heterocycles. The molecule has 0 bridgehead atoms. The maximum Gasteiger partial charge on any atom is 0.251 e. The van der Waals surface area contributed by atoms with E-state index in [1.165, 1.54) is 0 Å². The highest BCUT2D eigenvalue weighted by molar-refractivity contribution is 9.10. The fourth-order valence-electron chi connectivity index (χ4n) is 1.13. The van der Waals surface area contributed by atoms with E-state index in [0.717, 1.165) is 4.47 Å². The molecule has 1 unspecified atom stereocenters. The molecule has 4 heteroatoms. The van der Waals surface area contributed by atoms with Gasteiger partial charge in [0.05, 0.1) is 6.10 Å². The monoisotopic (exact) mass is 271 g/mol. The second-order valence-corrected chi connectivity index (χ2v) is 4.32. The lowest BCUT2D eigenvalue weighted by atomic mass is 10.2. The van der Waals surface area contributed by atoms with E-state index in [-0.39, 0.29) is 12.0 Å². The molecule has 1 aromatic rings. The van der Waals surface area contributed by atoms with Gasteiger partial charge in [0.1, 0.15) is 0 Å². The van der Waals surface area contributed by atoms with Gasteiger partial charge in [-0.3, -0.25) is 4.79 Å². The average molecular weight is 272 g/mol. The van der Waals surface area contributed by atoms with E-state index in [1.54, 1.807) is 19.1 Å². The van der Waals surface area contributed by atoms with Crippen LogP contribution in [0.15, 0.2) is 28.7 Å². The quantitative estimate of drug-likeness (QED) is 0.880. The Kier molecular flexibility index (Phi) is 4.78. The van der Waals surface area contributed by atoms with E-state index < -0.39 is 0 Å². The number of benzene rings is 1. The number of halogens is 1. The molecular formula is C11H14BrNO2. The first kappa shape index (κ1) is 12.2. The van der Waals surface area contributed by atoms with Crippen LogP contribution in [-0.2, 0) is 0 Å². The second-order valence-electron chi connectivity index (χ2n) is 3.40. The number of amides is 1. The van der Waals surface area contributed by atoms with Crippen molar-refractivity contribution in [2.75, 3.05) is 6.54 Å². The summed E-state index contributed by atoms with van der Waals surface area (Å²) in [5, 5.41) is 11.8. The molecule has 82 valence electrons. The predicted octanol–water partition coefficient (Wildman–Crippen LogP) is 1.95. The number of hydrogen-bond acceptors (Lipinski definition) is 2. The molecular weight excluding hydrogens is 258 g/mol. The van der Waals surface area contributed by atoms with E-state index in [4.69, 9.17) is 5.11 Å². The van der Waals surface area contributed by atoms with Crippen molar-refractivity contribution in [1.82, 2.24) is 5.32 Å². The van der Waals surface area contributed by atoms with E-state index in [2.05, 4.69) is 21.2 Å². The Hall–Kier alpha value is -0.870. The fourth-order valence-corrected chi connectivity index (χ4v) is 1.53. The molecule has 0 heterocycles. The summed E-state index contributed by atoms with van der Waals surface area (Å²) in [4.78, 5) is 11.6. The third-order valence-corrected chi connectivity index (χ3v) is 2.43. The van der Waals surface area contributed by atoms with Crippen LogP contribution in [0.3, 0.4) is 0 Å². The van der Waals surface area contributed by atoms with Crippen LogP contribution in [0.4, 0.5) is 0 Å². The van der Waals surface area contributed by atoms with Crippen LogP contribution in [-0.4, -0.2) is 23.7 Å². The van der Waals surface area contributed by atoms with Crippen LogP contribution < -0.4 is 5.32 Å². The molecule has 0 radical (unpaired) electrons. The molecule has 0 spiro atoms. The first-order chi connectivity index (χ1) is 7.09. The van der Waals surface area contributed by atoms with Crippen molar-refractivity contribution in [1.29, 1.82) is 0 Å². The molecule has 2 N–H and O–H groups in total. The third kappa shape index (κ3) is 4.44. The Morgan fingerprint density at radius 2 is 2.33 bits per heavy atom. The summed E-state index contributed by atoms with van der Waals surface area (Å²) in [5.41, 5.74) is 0.620. The van der Waals surface area contributed by atoms with Crippen molar-refractivity contribution in [2.45, 2.75) is 19.4 Å². The highest BCUT2D eigenvalue weighted by atomic mass is 79.9. The van der Waals surface area contributed by atoms with Crippen molar-refractivity contribution in [3.05, 3.63) is 34.3 Å². The summed E-state index contributed by atoms with van der Waals surface area (Å²) in [5.74, 6) is -0.114. The maximum atomic E-state index is 11.6. The molecule has 3 nitrogen and oxygen atoms in total. The Labute approximate surface area is 97.6 Å². The van der Waals surface area contributed by atoms with Gasteiger partial charge in [-0.25, -0.2) is 0 Å². The highest BCUT2D eigenvalue weighted by Crippen LogP contribution is 2.11.